The van der Waals surface area contributed by atoms with Crippen molar-refractivity contribution >= 4 is 34.1 Å². The normalized spacial score (nSPS) is 14.7. The standard InChI is InChI=1S/C15H18N2S2/c1-11(17-13(3)15-7-5-9-19-15)10-16-12(2)14-6-4-8-18-14/h4-9,11H,10H2,1-3H3/t11-/m1/s1. The molecule has 0 spiro atoms. The van der Waals surface area contributed by atoms with Gasteiger partial charge < -0.3 is 0 Å². The number of hydrogen-bond acceptors (Lipinski definition) is 4. The zero-order valence-corrected chi connectivity index (χ0v) is 13.1. The molecule has 0 radical (unpaired) electrons. The van der Waals surface area contributed by atoms with Crippen molar-refractivity contribution in [3.05, 3.63) is 44.8 Å². The second-order valence-electron chi connectivity index (χ2n) is 4.44. The van der Waals surface area contributed by atoms with Crippen molar-refractivity contribution in [1.82, 2.24) is 0 Å². The van der Waals surface area contributed by atoms with Gasteiger partial charge in [-0.1, -0.05) is 12.1 Å². The number of hydrogen-bond donors (Lipinski definition) is 0. The van der Waals surface area contributed by atoms with Gasteiger partial charge in [0, 0.05) is 21.2 Å². The summed E-state index contributed by atoms with van der Waals surface area (Å²) in [6.07, 6.45) is 0. The van der Waals surface area contributed by atoms with Gasteiger partial charge in [-0.15, -0.1) is 22.7 Å². The van der Waals surface area contributed by atoms with Gasteiger partial charge in [0.05, 0.1) is 12.6 Å². The van der Waals surface area contributed by atoms with Crippen LogP contribution in [0.1, 0.15) is 30.5 Å². The zero-order chi connectivity index (χ0) is 13.7. The van der Waals surface area contributed by atoms with Crippen molar-refractivity contribution in [2.24, 2.45) is 9.98 Å². The number of nitrogens with zero attached hydrogens (tertiary/aromatic N) is 2. The fourth-order valence-electron chi connectivity index (χ4n) is 1.75. The summed E-state index contributed by atoms with van der Waals surface area (Å²) < 4.78 is 0. The quantitative estimate of drug-likeness (QED) is 0.724. The van der Waals surface area contributed by atoms with Crippen LogP contribution in [0.25, 0.3) is 0 Å². The third kappa shape index (κ3) is 4.11. The van der Waals surface area contributed by atoms with E-state index >= 15 is 0 Å². The van der Waals surface area contributed by atoms with Crippen LogP contribution in [0.15, 0.2) is 45.0 Å². The van der Waals surface area contributed by atoms with Crippen LogP contribution in [0.4, 0.5) is 0 Å². The summed E-state index contributed by atoms with van der Waals surface area (Å²) in [4.78, 5) is 11.8. The summed E-state index contributed by atoms with van der Waals surface area (Å²) in [7, 11) is 0. The van der Waals surface area contributed by atoms with Gasteiger partial charge in [0.1, 0.15) is 0 Å². The third-order valence-corrected chi connectivity index (χ3v) is 4.72. The Hall–Kier alpha value is -1.26. The molecule has 0 amide bonds. The van der Waals surface area contributed by atoms with Crippen LogP contribution in [0.3, 0.4) is 0 Å². The smallest absolute Gasteiger partial charge is 0.0670 e. The van der Waals surface area contributed by atoms with Crippen LogP contribution < -0.4 is 0 Å². The maximum absolute atomic E-state index is 4.70. The Labute approximate surface area is 122 Å². The van der Waals surface area contributed by atoms with Gasteiger partial charge in [0.25, 0.3) is 0 Å². The molecule has 0 aliphatic heterocycles. The zero-order valence-electron chi connectivity index (χ0n) is 11.5. The fraction of sp³-hybridized carbons (Fsp3) is 0.333. The van der Waals surface area contributed by atoms with E-state index in [0.717, 1.165) is 18.0 Å². The number of thiophene rings is 2. The summed E-state index contributed by atoms with van der Waals surface area (Å²) in [6, 6.07) is 8.55. The minimum Gasteiger partial charge on any atom is -0.286 e. The first-order valence-electron chi connectivity index (χ1n) is 6.30. The molecule has 2 aromatic rings. The lowest BCUT2D eigenvalue weighted by Gasteiger charge is -2.05. The molecule has 0 saturated carbocycles. The molecule has 0 fully saturated rings. The maximum Gasteiger partial charge on any atom is 0.0670 e. The molecule has 0 N–H and O–H groups in total. The highest BCUT2D eigenvalue weighted by molar-refractivity contribution is 7.12. The average molecular weight is 290 g/mol. The average Bonchev–Trinajstić information content (AvgIpc) is 3.07. The first-order chi connectivity index (χ1) is 9.16. The number of aliphatic imine (C=N–C) groups is 2. The molecule has 0 saturated heterocycles. The fourth-order valence-corrected chi connectivity index (χ4v) is 3.13. The lowest BCUT2D eigenvalue weighted by atomic mass is 10.3. The molecule has 4 heteroatoms. The summed E-state index contributed by atoms with van der Waals surface area (Å²) >= 11 is 3.46. The maximum atomic E-state index is 4.70. The molecule has 19 heavy (non-hydrogen) atoms. The highest BCUT2D eigenvalue weighted by Gasteiger charge is 2.03. The van der Waals surface area contributed by atoms with Crippen molar-refractivity contribution in [3.63, 3.8) is 0 Å². The van der Waals surface area contributed by atoms with Crippen LogP contribution in [0.5, 0.6) is 0 Å². The number of rotatable bonds is 5. The van der Waals surface area contributed by atoms with Gasteiger partial charge in [-0.2, -0.15) is 0 Å². The van der Waals surface area contributed by atoms with Crippen LogP contribution >= 0.6 is 22.7 Å². The van der Waals surface area contributed by atoms with E-state index in [-0.39, 0.29) is 6.04 Å². The molecule has 0 bridgehead atoms. The minimum absolute atomic E-state index is 0.219. The van der Waals surface area contributed by atoms with Crippen molar-refractivity contribution in [2.45, 2.75) is 26.8 Å². The lowest BCUT2D eigenvalue weighted by Crippen LogP contribution is -2.08. The van der Waals surface area contributed by atoms with Crippen molar-refractivity contribution in [3.8, 4) is 0 Å². The third-order valence-electron chi connectivity index (χ3n) is 2.76. The molecule has 2 heterocycles. The van der Waals surface area contributed by atoms with Gasteiger partial charge in [0.2, 0.25) is 0 Å². The molecule has 2 aromatic heterocycles. The Balaban J connectivity index is 1.96. The SMILES string of the molecule is CC(=NC[C@@H](C)N=C(C)c1cccs1)c1cccs1. The van der Waals surface area contributed by atoms with Crippen molar-refractivity contribution < 1.29 is 0 Å². The van der Waals surface area contributed by atoms with Crippen molar-refractivity contribution in [1.29, 1.82) is 0 Å². The minimum atomic E-state index is 0.219. The predicted molar refractivity (Wildman–Crippen MR) is 87.4 cm³/mol. The van der Waals surface area contributed by atoms with E-state index < -0.39 is 0 Å². The van der Waals surface area contributed by atoms with E-state index in [1.54, 1.807) is 22.7 Å². The van der Waals surface area contributed by atoms with Gasteiger partial charge in [-0.05, 0) is 43.7 Å². The Bertz CT molecular complexity index is 551. The first kappa shape index (κ1) is 14.2. The van der Waals surface area contributed by atoms with Crippen LogP contribution in [0, 0.1) is 0 Å². The van der Waals surface area contributed by atoms with Crippen LogP contribution in [-0.2, 0) is 0 Å². The summed E-state index contributed by atoms with van der Waals surface area (Å²) in [5, 5.41) is 4.16. The Morgan fingerprint density at radius 3 is 2.16 bits per heavy atom. The lowest BCUT2D eigenvalue weighted by molar-refractivity contribution is 0.756. The molecule has 2 nitrogen and oxygen atoms in total. The summed E-state index contributed by atoms with van der Waals surface area (Å²) in [6.45, 7) is 6.99. The molecule has 2 rings (SSSR count). The molecule has 0 aromatic carbocycles. The molecule has 0 unspecified atom stereocenters. The van der Waals surface area contributed by atoms with Gasteiger partial charge in [-0.25, -0.2) is 0 Å². The van der Waals surface area contributed by atoms with Crippen LogP contribution in [-0.4, -0.2) is 24.0 Å². The molecule has 100 valence electrons. The van der Waals surface area contributed by atoms with E-state index in [0.29, 0.717) is 0 Å². The topological polar surface area (TPSA) is 24.7 Å². The Kier molecular flexibility index (Phi) is 5.05. The summed E-state index contributed by atoms with van der Waals surface area (Å²) in [5.74, 6) is 0. The first-order valence-corrected chi connectivity index (χ1v) is 8.06. The molecular weight excluding hydrogens is 272 g/mol. The molecule has 0 aliphatic rings. The highest BCUT2D eigenvalue weighted by Crippen LogP contribution is 2.12. The largest absolute Gasteiger partial charge is 0.286 e. The predicted octanol–water partition coefficient (Wildman–Crippen LogP) is 4.52. The second-order valence-corrected chi connectivity index (χ2v) is 6.34. The van der Waals surface area contributed by atoms with E-state index in [9.17, 15) is 0 Å². The van der Waals surface area contributed by atoms with Crippen molar-refractivity contribution in [2.75, 3.05) is 6.54 Å². The van der Waals surface area contributed by atoms with E-state index in [1.807, 2.05) is 0 Å². The van der Waals surface area contributed by atoms with Crippen LogP contribution in [0.2, 0.25) is 0 Å². The monoisotopic (exact) mass is 290 g/mol. The van der Waals surface area contributed by atoms with Gasteiger partial charge >= 0.3 is 0 Å². The van der Waals surface area contributed by atoms with Gasteiger partial charge in [0.15, 0.2) is 0 Å². The Morgan fingerprint density at radius 1 is 1.05 bits per heavy atom. The van der Waals surface area contributed by atoms with E-state index in [2.05, 4.69) is 60.8 Å². The van der Waals surface area contributed by atoms with Gasteiger partial charge in [-0.3, -0.25) is 9.98 Å². The van der Waals surface area contributed by atoms with E-state index in [1.165, 1.54) is 9.75 Å². The molecule has 0 aliphatic carbocycles. The summed E-state index contributed by atoms with van der Waals surface area (Å²) in [5.41, 5.74) is 2.21. The second kappa shape index (κ2) is 6.78. The Morgan fingerprint density at radius 2 is 1.63 bits per heavy atom. The molecule has 1 atom stereocenters. The highest BCUT2D eigenvalue weighted by atomic mass is 32.1. The van der Waals surface area contributed by atoms with E-state index in [4.69, 9.17) is 4.99 Å². The molecular formula is C15H18N2S2.